The molecule has 1 heterocycles. The molecule has 26 heavy (non-hydrogen) atoms. The maximum absolute atomic E-state index is 13.6. The minimum absolute atomic E-state index is 0. The Morgan fingerprint density at radius 2 is 2.15 bits per heavy atom. The van der Waals surface area contributed by atoms with Gasteiger partial charge in [0.25, 0.3) is 0 Å². The maximum atomic E-state index is 13.6. The van der Waals surface area contributed by atoms with Crippen molar-refractivity contribution in [3.63, 3.8) is 0 Å². The van der Waals surface area contributed by atoms with Gasteiger partial charge in [-0.1, -0.05) is 24.3 Å². The molecule has 0 radical (unpaired) electrons. The number of nitrogens with one attached hydrogen (secondary N) is 1. The highest BCUT2D eigenvalue weighted by atomic mass is 127. The average Bonchev–Trinajstić information content (AvgIpc) is 2.63. The number of rotatable bonds is 5. The molecule has 3 rings (SSSR count). The van der Waals surface area contributed by atoms with E-state index in [1.54, 1.807) is 12.1 Å². The largest absolute Gasteiger partial charge is 0.493 e. The van der Waals surface area contributed by atoms with Crippen LogP contribution in [0.15, 0.2) is 47.5 Å². The highest BCUT2D eigenvalue weighted by Crippen LogP contribution is 2.31. The van der Waals surface area contributed by atoms with Crippen molar-refractivity contribution in [3.05, 3.63) is 65.0 Å². The van der Waals surface area contributed by atoms with Crippen molar-refractivity contribution >= 4 is 29.9 Å². The van der Waals surface area contributed by atoms with E-state index in [0.29, 0.717) is 24.7 Å². The Morgan fingerprint density at radius 3 is 2.96 bits per heavy atom. The lowest BCUT2D eigenvalue weighted by atomic mass is 10.0. The summed E-state index contributed by atoms with van der Waals surface area (Å²) >= 11 is 0. The lowest BCUT2D eigenvalue weighted by Crippen LogP contribution is -2.37. The summed E-state index contributed by atoms with van der Waals surface area (Å²) in [6.07, 6.45) is 0.821. The zero-order valence-electron chi connectivity index (χ0n) is 14.6. The number of nitrogens with two attached hydrogens (primary N) is 1. The molecule has 0 saturated heterocycles. The predicted octanol–water partition coefficient (Wildman–Crippen LogP) is 3.52. The lowest BCUT2D eigenvalue weighted by molar-refractivity contribution is 0.181. The SMILES string of the molecule is COCc1cc(CN=C(N)NC2CCOc3ccccc32)ccc1F.I. The van der Waals surface area contributed by atoms with Crippen LogP contribution >= 0.6 is 24.0 Å². The Morgan fingerprint density at radius 1 is 1.35 bits per heavy atom. The van der Waals surface area contributed by atoms with Gasteiger partial charge in [0, 0.05) is 24.7 Å². The molecule has 7 heteroatoms. The molecule has 1 aliphatic heterocycles. The van der Waals surface area contributed by atoms with Crippen molar-refractivity contribution in [3.8, 4) is 5.75 Å². The van der Waals surface area contributed by atoms with Gasteiger partial charge in [-0.3, -0.25) is 0 Å². The summed E-state index contributed by atoms with van der Waals surface area (Å²) in [6.45, 7) is 1.25. The molecule has 1 atom stereocenters. The minimum atomic E-state index is -0.278. The van der Waals surface area contributed by atoms with Gasteiger partial charge in [0.2, 0.25) is 0 Å². The molecule has 0 aromatic heterocycles. The van der Waals surface area contributed by atoms with Crippen LogP contribution in [-0.4, -0.2) is 19.7 Å². The zero-order valence-corrected chi connectivity index (χ0v) is 16.9. The van der Waals surface area contributed by atoms with E-state index in [0.717, 1.165) is 23.3 Å². The number of para-hydroxylation sites is 1. The first kappa shape index (κ1) is 20.4. The number of guanidine groups is 1. The number of halogens is 2. The van der Waals surface area contributed by atoms with E-state index >= 15 is 0 Å². The number of hydrogen-bond donors (Lipinski definition) is 2. The summed E-state index contributed by atoms with van der Waals surface area (Å²) in [6, 6.07) is 12.9. The van der Waals surface area contributed by atoms with Crippen LogP contribution in [0.3, 0.4) is 0 Å². The molecule has 0 aliphatic carbocycles. The van der Waals surface area contributed by atoms with Crippen LogP contribution in [-0.2, 0) is 17.9 Å². The molecule has 2 aromatic carbocycles. The number of aliphatic imine (C=N–C) groups is 1. The number of methoxy groups -OCH3 is 1. The van der Waals surface area contributed by atoms with Crippen LogP contribution in [0.1, 0.15) is 29.2 Å². The number of nitrogens with zero attached hydrogens (tertiary/aromatic N) is 1. The number of hydrogen-bond acceptors (Lipinski definition) is 3. The van der Waals surface area contributed by atoms with Gasteiger partial charge in [-0.15, -0.1) is 24.0 Å². The van der Waals surface area contributed by atoms with Crippen LogP contribution in [0, 0.1) is 5.82 Å². The molecule has 0 saturated carbocycles. The van der Waals surface area contributed by atoms with Crippen molar-refractivity contribution in [2.24, 2.45) is 10.7 Å². The third-order valence-corrected chi connectivity index (χ3v) is 4.12. The Labute approximate surface area is 169 Å². The van der Waals surface area contributed by atoms with E-state index in [9.17, 15) is 4.39 Å². The summed E-state index contributed by atoms with van der Waals surface area (Å²) in [4.78, 5) is 4.37. The fourth-order valence-corrected chi connectivity index (χ4v) is 2.89. The second-order valence-corrected chi connectivity index (χ2v) is 5.93. The van der Waals surface area contributed by atoms with E-state index in [-0.39, 0.29) is 42.4 Å². The van der Waals surface area contributed by atoms with Gasteiger partial charge in [-0.25, -0.2) is 9.38 Å². The molecular formula is C19H23FIN3O2. The third-order valence-electron chi connectivity index (χ3n) is 4.12. The topological polar surface area (TPSA) is 68.9 Å². The molecule has 1 aliphatic rings. The molecule has 0 fully saturated rings. The van der Waals surface area contributed by atoms with Gasteiger partial charge < -0.3 is 20.5 Å². The Kier molecular flexibility index (Phi) is 7.65. The first-order valence-corrected chi connectivity index (χ1v) is 8.22. The van der Waals surface area contributed by atoms with Crippen LogP contribution in [0.5, 0.6) is 5.75 Å². The number of ether oxygens (including phenoxy) is 2. The van der Waals surface area contributed by atoms with Crippen molar-refractivity contribution in [2.45, 2.75) is 25.6 Å². The van der Waals surface area contributed by atoms with Crippen LogP contribution in [0.2, 0.25) is 0 Å². The molecular weight excluding hydrogens is 448 g/mol. The van der Waals surface area contributed by atoms with Crippen molar-refractivity contribution < 1.29 is 13.9 Å². The maximum Gasteiger partial charge on any atom is 0.189 e. The Bertz CT molecular complexity index is 770. The molecule has 3 N–H and O–H groups in total. The summed E-state index contributed by atoms with van der Waals surface area (Å²) in [5.74, 6) is 0.959. The number of benzene rings is 2. The summed E-state index contributed by atoms with van der Waals surface area (Å²) in [7, 11) is 1.54. The lowest BCUT2D eigenvalue weighted by Gasteiger charge is -2.26. The molecule has 2 aromatic rings. The van der Waals surface area contributed by atoms with E-state index in [2.05, 4.69) is 10.3 Å². The van der Waals surface area contributed by atoms with E-state index in [1.165, 1.54) is 13.2 Å². The van der Waals surface area contributed by atoms with Gasteiger partial charge >= 0.3 is 0 Å². The molecule has 0 amide bonds. The number of fused-ring (bicyclic) bond motifs is 1. The van der Waals surface area contributed by atoms with Gasteiger partial charge in [0.1, 0.15) is 11.6 Å². The molecule has 0 bridgehead atoms. The first-order chi connectivity index (χ1) is 12.2. The van der Waals surface area contributed by atoms with Crippen molar-refractivity contribution in [2.75, 3.05) is 13.7 Å². The first-order valence-electron chi connectivity index (χ1n) is 8.22. The van der Waals surface area contributed by atoms with E-state index in [1.807, 2.05) is 24.3 Å². The second kappa shape index (κ2) is 9.72. The minimum Gasteiger partial charge on any atom is -0.493 e. The average molecular weight is 471 g/mol. The molecule has 0 spiro atoms. The third kappa shape index (κ3) is 5.07. The monoisotopic (exact) mass is 471 g/mol. The standard InChI is InChI=1S/C19H22FN3O2.HI/c1-24-12-14-10-13(6-7-16(14)20)11-22-19(21)23-17-8-9-25-18-5-3-2-4-15(17)18;/h2-7,10,17H,8-9,11-12H2,1H3,(H3,21,22,23);1H. The van der Waals surface area contributed by atoms with Gasteiger partial charge in [-0.2, -0.15) is 0 Å². The summed E-state index contributed by atoms with van der Waals surface area (Å²) in [5.41, 5.74) is 8.51. The quantitative estimate of drug-likeness (QED) is 0.398. The summed E-state index contributed by atoms with van der Waals surface area (Å²) in [5, 5.41) is 3.25. The second-order valence-electron chi connectivity index (χ2n) is 5.93. The molecule has 1 unspecified atom stereocenters. The Balaban J connectivity index is 0.00000243. The molecule has 5 nitrogen and oxygen atoms in total. The van der Waals surface area contributed by atoms with Gasteiger partial charge in [0.05, 0.1) is 25.8 Å². The van der Waals surface area contributed by atoms with Crippen LogP contribution in [0.4, 0.5) is 4.39 Å². The normalized spacial score (nSPS) is 16.2. The fourth-order valence-electron chi connectivity index (χ4n) is 2.89. The van der Waals surface area contributed by atoms with E-state index < -0.39 is 0 Å². The highest BCUT2D eigenvalue weighted by molar-refractivity contribution is 14.0. The molecule has 140 valence electrons. The predicted molar refractivity (Wildman–Crippen MR) is 110 cm³/mol. The van der Waals surface area contributed by atoms with Crippen LogP contribution in [0.25, 0.3) is 0 Å². The van der Waals surface area contributed by atoms with Crippen molar-refractivity contribution in [1.29, 1.82) is 0 Å². The highest BCUT2D eigenvalue weighted by Gasteiger charge is 2.21. The van der Waals surface area contributed by atoms with Crippen molar-refractivity contribution in [1.82, 2.24) is 5.32 Å². The summed E-state index contributed by atoms with van der Waals surface area (Å²) < 4.78 is 24.3. The van der Waals surface area contributed by atoms with Crippen LogP contribution < -0.4 is 15.8 Å². The van der Waals surface area contributed by atoms with Gasteiger partial charge in [-0.05, 0) is 23.8 Å². The van der Waals surface area contributed by atoms with Gasteiger partial charge in [0.15, 0.2) is 5.96 Å². The fraction of sp³-hybridized carbons (Fsp3) is 0.316. The Hall–Kier alpha value is -1.87. The zero-order chi connectivity index (χ0) is 17.6. The van der Waals surface area contributed by atoms with E-state index in [4.69, 9.17) is 15.2 Å². The smallest absolute Gasteiger partial charge is 0.189 e.